The lowest BCUT2D eigenvalue weighted by molar-refractivity contribution is 0.181. The molecule has 0 radical (unpaired) electrons. The Bertz CT molecular complexity index is 620. The molecule has 0 atom stereocenters. The van der Waals surface area contributed by atoms with Crippen LogP contribution < -0.4 is 5.32 Å². The number of hydrogen-bond acceptors (Lipinski definition) is 5. The Balaban J connectivity index is 2.47. The van der Waals surface area contributed by atoms with Crippen molar-refractivity contribution < 1.29 is 9.47 Å². The van der Waals surface area contributed by atoms with Crippen molar-refractivity contribution in [2.45, 2.75) is 13.2 Å². The maximum absolute atomic E-state index is 5.19. The smallest absolute Gasteiger partial charge is 0.161 e. The van der Waals surface area contributed by atoms with Gasteiger partial charge in [-0.1, -0.05) is 18.2 Å². The topological polar surface area (TPSA) is 56.3 Å². The van der Waals surface area contributed by atoms with Crippen molar-refractivity contribution in [1.29, 1.82) is 0 Å². The van der Waals surface area contributed by atoms with Gasteiger partial charge in [0, 0.05) is 26.8 Å². The molecule has 5 nitrogen and oxygen atoms in total. The Morgan fingerprint density at radius 2 is 1.90 bits per heavy atom. The van der Waals surface area contributed by atoms with E-state index in [2.05, 4.69) is 31.2 Å². The lowest BCUT2D eigenvalue weighted by atomic mass is 10.1. The van der Waals surface area contributed by atoms with Gasteiger partial charge in [0.1, 0.15) is 5.82 Å². The number of nitrogens with zero attached hydrogens (tertiary/aromatic N) is 2. The van der Waals surface area contributed by atoms with E-state index in [4.69, 9.17) is 9.47 Å². The first-order valence-electron chi connectivity index (χ1n) is 6.51. The summed E-state index contributed by atoms with van der Waals surface area (Å²) in [6.07, 6.45) is 0. The molecule has 0 aliphatic heterocycles. The normalized spacial score (nSPS) is 10.7. The fourth-order valence-corrected chi connectivity index (χ4v) is 2.48. The highest BCUT2D eigenvalue weighted by Gasteiger charge is 2.13. The summed E-state index contributed by atoms with van der Waals surface area (Å²) in [4.78, 5) is 9.12. The van der Waals surface area contributed by atoms with Gasteiger partial charge in [-0.2, -0.15) is 0 Å². The molecule has 1 N–H and O–H groups in total. The van der Waals surface area contributed by atoms with E-state index in [0.717, 1.165) is 27.1 Å². The van der Waals surface area contributed by atoms with Crippen LogP contribution in [-0.4, -0.2) is 31.2 Å². The van der Waals surface area contributed by atoms with Crippen molar-refractivity contribution in [3.63, 3.8) is 0 Å². The van der Waals surface area contributed by atoms with E-state index < -0.39 is 0 Å². The molecule has 6 heteroatoms. The van der Waals surface area contributed by atoms with Crippen LogP contribution in [0, 0.1) is 0 Å². The highest BCUT2D eigenvalue weighted by molar-refractivity contribution is 9.10. The number of benzene rings is 1. The van der Waals surface area contributed by atoms with Crippen molar-refractivity contribution in [2.24, 2.45) is 0 Å². The van der Waals surface area contributed by atoms with E-state index >= 15 is 0 Å². The second-order valence-electron chi connectivity index (χ2n) is 4.47. The maximum atomic E-state index is 5.19. The molecule has 0 bridgehead atoms. The summed E-state index contributed by atoms with van der Waals surface area (Å²) in [6, 6.07) is 8.01. The van der Waals surface area contributed by atoms with Crippen molar-refractivity contribution >= 4 is 21.7 Å². The summed E-state index contributed by atoms with van der Waals surface area (Å²) in [5.41, 5.74) is 2.84. The molecular weight excluding hydrogens is 334 g/mol. The third-order valence-corrected chi connectivity index (χ3v) is 3.77. The van der Waals surface area contributed by atoms with Crippen LogP contribution in [-0.2, 0) is 22.7 Å². The van der Waals surface area contributed by atoms with Gasteiger partial charge in [0.15, 0.2) is 5.82 Å². The van der Waals surface area contributed by atoms with Crippen molar-refractivity contribution in [1.82, 2.24) is 9.97 Å². The summed E-state index contributed by atoms with van der Waals surface area (Å²) < 4.78 is 11.2. The second kappa shape index (κ2) is 7.49. The van der Waals surface area contributed by atoms with Crippen LogP contribution in [0.1, 0.15) is 11.3 Å². The lowest BCUT2D eigenvalue weighted by Gasteiger charge is -2.11. The average Bonchev–Trinajstić information content (AvgIpc) is 2.50. The summed E-state index contributed by atoms with van der Waals surface area (Å²) in [5, 5.41) is 3.07. The molecule has 1 aromatic heterocycles. The van der Waals surface area contributed by atoms with Crippen LogP contribution in [0.3, 0.4) is 0 Å². The van der Waals surface area contributed by atoms with Crippen molar-refractivity contribution in [3.05, 3.63) is 40.0 Å². The first-order chi connectivity index (χ1) is 10.2. The minimum atomic E-state index is 0.419. The van der Waals surface area contributed by atoms with E-state index in [1.54, 1.807) is 14.2 Å². The van der Waals surface area contributed by atoms with Crippen LogP contribution in [0.25, 0.3) is 11.4 Å². The quantitative estimate of drug-likeness (QED) is 0.865. The fourth-order valence-electron chi connectivity index (χ4n) is 1.99. The van der Waals surface area contributed by atoms with E-state index in [1.165, 1.54) is 0 Å². The molecule has 112 valence electrons. The number of ether oxygens (including phenoxy) is 2. The Hall–Kier alpha value is -1.50. The predicted octanol–water partition coefficient (Wildman–Crippen LogP) is 3.24. The summed E-state index contributed by atoms with van der Waals surface area (Å²) in [7, 11) is 5.15. The zero-order valence-electron chi connectivity index (χ0n) is 12.3. The number of hydrogen-bond donors (Lipinski definition) is 1. The largest absolute Gasteiger partial charge is 0.380 e. The number of rotatable bonds is 6. The van der Waals surface area contributed by atoms with Crippen molar-refractivity contribution in [2.75, 3.05) is 26.6 Å². The van der Waals surface area contributed by atoms with Gasteiger partial charge in [0.25, 0.3) is 0 Å². The molecule has 21 heavy (non-hydrogen) atoms. The van der Waals surface area contributed by atoms with Crippen LogP contribution >= 0.6 is 15.9 Å². The molecule has 2 rings (SSSR count). The van der Waals surface area contributed by atoms with Gasteiger partial charge in [0.05, 0.1) is 23.4 Å². The first-order valence-corrected chi connectivity index (χ1v) is 7.30. The number of methoxy groups -OCH3 is 2. The Labute approximate surface area is 132 Å². The van der Waals surface area contributed by atoms with E-state index in [9.17, 15) is 0 Å². The Morgan fingerprint density at radius 1 is 1.14 bits per heavy atom. The highest BCUT2D eigenvalue weighted by Crippen LogP contribution is 2.27. The standard InChI is InChI=1S/C15H18BrN3O2/c1-17-15-13(16)12(9-21-3)18-14(19-15)11-6-4-5-10(7-11)8-20-2/h4-7H,8-9H2,1-3H3,(H,17,18,19). The fraction of sp³-hybridized carbons (Fsp3) is 0.333. The number of nitrogens with one attached hydrogen (secondary N) is 1. The van der Waals surface area contributed by atoms with E-state index in [1.807, 2.05) is 31.3 Å². The van der Waals surface area contributed by atoms with E-state index in [0.29, 0.717) is 19.0 Å². The van der Waals surface area contributed by atoms with Crippen LogP contribution in [0.4, 0.5) is 5.82 Å². The molecule has 2 aromatic rings. The van der Waals surface area contributed by atoms with Gasteiger partial charge in [0.2, 0.25) is 0 Å². The maximum Gasteiger partial charge on any atom is 0.161 e. The molecule has 0 spiro atoms. The SMILES string of the molecule is CNc1nc(-c2cccc(COC)c2)nc(COC)c1Br. The Kier molecular flexibility index (Phi) is 5.67. The molecule has 0 saturated carbocycles. The molecule has 0 aliphatic carbocycles. The predicted molar refractivity (Wildman–Crippen MR) is 86.1 cm³/mol. The number of aromatic nitrogens is 2. The zero-order chi connectivity index (χ0) is 15.2. The van der Waals surface area contributed by atoms with Crippen LogP contribution in [0.15, 0.2) is 28.7 Å². The number of halogens is 1. The lowest BCUT2D eigenvalue weighted by Crippen LogP contribution is -2.04. The van der Waals surface area contributed by atoms with E-state index in [-0.39, 0.29) is 0 Å². The van der Waals surface area contributed by atoms with Gasteiger partial charge in [-0.3, -0.25) is 0 Å². The number of anilines is 1. The molecule has 0 saturated heterocycles. The highest BCUT2D eigenvalue weighted by atomic mass is 79.9. The Morgan fingerprint density at radius 3 is 2.57 bits per heavy atom. The first kappa shape index (κ1) is 15.9. The molecule has 1 aromatic carbocycles. The third-order valence-electron chi connectivity index (χ3n) is 2.93. The summed E-state index contributed by atoms with van der Waals surface area (Å²) in [5.74, 6) is 1.40. The van der Waals surface area contributed by atoms with Gasteiger partial charge in [-0.15, -0.1) is 0 Å². The molecule has 0 fully saturated rings. The minimum absolute atomic E-state index is 0.419. The molecular formula is C15H18BrN3O2. The second-order valence-corrected chi connectivity index (χ2v) is 5.27. The van der Waals surface area contributed by atoms with Crippen molar-refractivity contribution in [3.8, 4) is 11.4 Å². The summed E-state index contributed by atoms with van der Waals surface area (Å²) in [6.45, 7) is 0.983. The monoisotopic (exact) mass is 351 g/mol. The molecule has 1 heterocycles. The summed E-state index contributed by atoms with van der Waals surface area (Å²) >= 11 is 3.50. The van der Waals surface area contributed by atoms with Gasteiger partial charge >= 0.3 is 0 Å². The van der Waals surface area contributed by atoms with Crippen LogP contribution in [0.2, 0.25) is 0 Å². The van der Waals surface area contributed by atoms with Gasteiger partial charge in [-0.05, 0) is 27.6 Å². The van der Waals surface area contributed by atoms with Crippen LogP contribution in [0.5, 0.6) is 0 Å². The minimum Gasteiger partial charge on any atom is -0.380 e. The molecule has 0 unspecified atom stereocenters. The average molecular weight is 352 g/mol. The zero-order valence-corrected chi connectivity index (χ0v) is 13.9. The van der Waals surface area contributed by atoms with Gasteiger partial charge in [-0.25, -0.2) is 9.97 Å². The van der Waals surface area contributed by atoms with Gasteiger partial charge < -0.3 is 14.8 Å². The molecule has 0 aliphatic rings. The molecule has 0 amide bonds. The third kappa shape index (κ3) is 3.78.